The molecule has 0 aliphatic heterocycles. The van der Waals surface area contributed by atoms with E-state index in [0.29, 0.717) is 11.3 Å². The van der Waals surface area contributed by atoms with Gasteiger partial charge in [0.1, 0.15) is 11.4 Å². The second kappa shape index (κ2) is 6.03. The Balaban J connectivity index is 0.00000324. The van der Waals surface area contributed by atoms with Gasteiger partial charge in [0, 0.05) is 11.6 Å². The first-order valence-corrected chi connectivity index (χ1v) is 5.65. The summed E-state index contributed by atoms with van der Waals surface area (Å²) in [4.78, 5) is 0. The van der Waals surface area contributed by atoms with E-state index >= 15 is 0 Å². The lowest BCUT2D eigenvalue weighted by molar-refractivity contribution is -0.168. The molecule has 3 nitrogen and oxygen atoms in total. The quantitative estimate of drug-likeness (QED) is 0.898. The molecule has 19 heavy (non-hydrogen) atoms. The lowest BCUT2D eigenvalue weighted by Gasteiger charge is -2.30. The number of ether oxygens (including phenoxy) is 1. The molecule has 1 rings (SSSR count). The Hall–Kier alpha value is -0.910. The van der Waals surface area contributed by atoms with E-state index in [1.807, 2.05) is 0 Å². The topological polar surface area (TPSA) is 55.5 Å². The van der Waals surface area contributed by atoms with Crippen molar-refractivity contribution in [1.82, 2.24) is 0 Å². The fraction of sp³-hybridized carbons (Fsp3) is 0.538. The van der Waals surface area contributed by atoms with Crippen LogP contribution in [0, 0.1) is 0 Å². The van der Waals surface area contributed by atoms with E-state index in [-0.39, 0.29) is 18.0 Å². The first kappa shape index (κ1) is 18.1. The molecule has 0 saturated heterocycles. The molecule has 0 spiro atoms. The first-order valence-electron chi connectivity index (χ1n) is 5.65. The van der Waals surface area contributed by atoms with Crippen LogP contribution < -0.4 is 10.5 Å². The molecule has 0 aliphatic rings. The largest absolute Gasteiger partial charge is 0.497 e. The van der Waals surface area contributed by atoms with Crippen LogP contribution in [0.3, 0.4) is 0 Å². The molecule has 3 N–H and O–H groups in total. The third-order valence-electron chi connectivity index (χ3n) is 2.82. The normalized spacial score (nSPS) is 13.7. The summed E-state index contributed by atoms with van der Waals surface area (Å²) in [5.74, 6) is -3.09. The highest BCUT2D eigenvalue weighted by molar-refractivity contribution is 5.85. The zero-order chi connectivity index (χ0) is 14.1. The van der Waals surface area contributed by atoms with Gasteiger partial charge in [-0.2, -0.15) is 8.78 Å². The number of halogens is 3. The summed E-state index contributed by atoms with van der Waals surface area (Å²) in [6, 6.07) is 3.72. The van der Waals surface area contributed by atoms with Crippen molar-refractivity contribution in [3.8, 4) is 5.75 Å². The molecule has 0 heterocycles. The minimum absolute atomic E-state index is 0. The van der Waals surface area contributed by atoms with Crippen LogP contribution in [-0.4, -0.2) is 17.8 Å². The van der Waals surface area contributed by atoms with Crippen LogP contribution in [0.25, 0.3) is 0 Å². The van der Waals surface area contributed by atoms with E-state index in [0.717, 1.165) is 13.8 Å². The first-order chi connectivity index (χ1) is 8.09. The highest BCUT2D eigenvalue weighted by atomic mass is 35.5. The number of methoxy groups -OCH3 is 1. The van der Waals surface area contributed by atoms with Crippen molar-refractivity contribution >= 4 is 12.4 Å². The number of aliphatic hydroxyl groups is 1. The molecule has 0 radical (unpaired) electrons. The minimum atomic E-state index is -3.38. The molecule has 0 unspecified atom stereocenters. The number of alkyl halides is 2. The molecule has 0 amide bonds. The molecule has 0 saturated carbocycles. The lowest BCUT2D eigenvalue weighted by atomic mass is 9.91. The molecule has 0 bridgehead atoms. The van der Waals surface area contributed by atoms with Crippen LogP contribution >= 0.6 is 12.4 Å². The maximum absolute atomic E-state index is 14.1. The van der Waals surface area contributed by atoms with Crippen molar-refractivity contribution in [1.29, 1.82) is 0 Å². The smallest absolute Gasteiger partial charge is 0.300 e. The molecular weight excluding hydrogens is 276 g/mol. The molecule has 6 heteroatoms. The average Bonchev–Trinajstić information content (AvgIpc) is 2.26. The molecule has 1 atom stereocenters. The van der Waals surface area contributed by atoms with Gasteiger partial charge in [0.2, 0.25) is 0 Å². The average molecular weight is 296 g/mol. The molecule has 1 aromatic carbocycles. The van der Waals surface area contributed by atoms with Gasteiger partial charge in [-0.1, -0.05) is 0 Å². The summed E-state index contributed by atoms with van der Waals surface area (Å²) in [5, 5.41) is 9.57. The minimum Gasteiger partial charge on any atom is -0.497 e. The standard InChI is InChI=1S/C13H19F2NO2.ClH/c1-8(16)9-5-10(7-11(6-9)18-4)13(14,15)12(2,3)17;/h5-8,17H,16H2,1-4H3;1H/t8-;/m1./s1. The van der Waals surface area contributed by atoms with Crippen molar-refractivity contribution in [3.63, 3.8) is 0 Å². The number of rotatable bonds is 4. The zero-order valence-corrected chi connectivity index (χ0v) is 12.2. The Kier molecular flexibility index (Phi) is 5.74. The number of nitrogens with two attached hydrogens (primary N) is 1. The van der Waals surface area contributed by atoms with Gasteiger partial charge in [-0.15, -0.1) is 12.4 Å². The van der Waals surface area contributed by atoms with Gasteiger partial charge in [0.05, 0.1) is 7.11 Å². The molecule has 1 aromatic rings. The third kappa shape index (κ3) is 3.78. The van der Waals surface area contributed by atoms with Crippen molar-refractivity contribution in [2.24, 2.45) is 5.73 Å². The fourth-order valence-corrected chi connectivity index (χ4v) is 1.54. The van der Waals surface area contributed by atoms with E-state index in [9.17, 15) is 13.9 Å². The van der Waals surface area contributed by atoms with Gasteiger partial charge in [-0.25, -0.2) is 0 Å². The predicted molar refractivity (Wildman–Crippen MR) is 73.0 cm³/mol. The molecular formula is C13H20ClF2NO2. The van der Waals surface area contributed by atoms with Crippen molar-refractivity contribution in [2.45, 2.75) is 38.3 Å². The maximum Gasteiger partial charge on any atom is 0.300 e. The van der Waals surface area contributed by atoms with E-state index in [1.54, 1.807) is 13.0 Å². The maximum atomic E-state index is 14.1. The SMILES string of the molecule is COc1cc([C@@H](C)N)cc(C(F)(F)C(C)(C)O)c1.Cl. The Morgan fingerprint density at radius 1 is 1.26 bits per heavy atom. The second-order valence-electron chi connectivity index (χ2n) is 4.92. The molecule has 110 valence electrons. The summed E-state index contributed by atoms with van der Waals surface area (Å²) < 4.78 is 33.1. The van der Waals surface area contributed by atoms with E-state index in [2.05, 4.69) is 0 Å². The van der Waals surface area contributed by atoms with Crippen molar-refractivity contribution in [3.05, 3.63) is 29.3 Å². The Morgan fingerprint density at radius 3 is 2.16 bits per heavy atom. The Labute approximate surface area is 118 Å². The predicted octanol–water partition coefficient (Wildman–Crippen LogP) is 3.00. The monoisotopic (exact) mass is 295 g/mol. The Bertz CT molecular complexity index is 431. The van der Waals surface area contributed by atoms with E-state index in [1.165, 1.54) is 19.2 Å². The second-order valence-corrected chi connectivity index (χ2v) is 4.92. The summed E-state index contributed by atoms with van der Waals surface area (Å²) >= 11 is 0. The van der Waals surface area contributed by atoms with E-state index < -0.39 is 17.6 Å². The van der Waals surface area contributed by atoms with Crippen molar-refractivity contribution in [2.75, 3.05) is 7.11 Å². The van der Waals surface area contributed by atoms with Gasteiger partial charge < -0.3 is 15.6 Å². The number of hydrogen-bond acceptors (Lipinski definition) is 3. The van der Waals surface area contributed by atoms with Crippen molar-refractivity contribution < 1.29 is 18.6 Å². The highest BCUT2D eigenvalue weighted by Gasteiger charge is 2.47. The lowest BCUT2D eigenvalue weighted by Crippen LogP contribution is -2.40. The van der Waals surface area contributed by atoms with E-state index in [4.69, 9.17) is 10.5 Å². The van der Waals surface area contributed by atoms with Crippen LogP contribution in [0.2, 0.25) is 0 Å². The molecule has 0 aliphatic carbocycles. The van der Waals surface area contributed by atoms with Gasteiger partial charge in [-0.05, 0) is 44.5 Å². The van der Waals surface area contributed by atoms with Gasteiger partial charge in [-0.3, -0.25) is 0 Å². The summed E-state index contributed by atoms with van der Waals surface area (Å²) in [6.07, 6.45) is 0. The fourth-order valence-electron chi connectivity index (χ4n) is 1.54. The highest BCUT2D eigenvalue weighted by Crippen LogP contribution is 2.40. The zero-order valence-electron chi connectivity index (χ0n) is 11.4. The Morgan fingerprint density at radius 2 is 1.79 bits per heavy atom. The molecule has 0 fully saturated rings. The van der Waals surface area contributed by atoms with Gasteiger partial charge in [0.15, 0.2) is 0 Å². The van der Waals surface area contributed by atoms with Crippen LogP contribution in [0.5, 0.6) is 5.75 Å². The van der Waals surface area contributed by atoms with Crippen LogP contribution in [-0.2, 0) is 5.92 Å². The van der Waals surface area contributed by atoms with Crippen LogP contribution in [0.15, 0.2) is 18.2 Å². The summed E-state index contributed by atoms with van der Waals surface area (Å²) in [5.41, 5.74) is 3.77. The number of hydrogen-bond donors (Lipinski definition) is 2. The van der Waals surface area contributed by atoms with Crippen LogP contribution in [0.1, 0.15) is 37.9 Å². The molecule has 0 aromatic heterocycles. The van der Waals surface area contributed by atoms with Crippen LogP contribution in [0.4, 0.5) is 8.78 Å². The number of benzene rings is 1. The third-order valence-corrected chi connectivity index (χ3v) is 2.82. The van der Waals surface area contributed by atoms with Gasteiger partial charge in [0.25, 0.3) is 0 Å². The summed E-state index contributed by atoms with van der Waals surface area (Å²) in [7, 11) is 1.40. The summed E-state index contributed by atoms with van der Waals surface area (Å²) in [6.45, 7) is 3.83. The van der Waals surface area contributed by atoms with Gasteiger partial charge >= 0.3 is 5.92 Å².